The van der Waals surface area contributed by atoms with E-state index in [-0.39, 0.29) is 17.2 Å². The van der Waals surface area contributed by atoms with Gasteiger partial charge in [0.25, 0.3) is 0 Å². The average Bonchev–Trinajstić information content (AvgIpc) is 2.67. The van der Waals surface area contributed by atoms with Crippen molar-refractivity contribution in [3.8, 4) is 0 Å². The van der Waals surface area contributed by atoms with Crippen molar-refractivity contribution in [2.75, 3.05) is 19.3 Å². The summed E-state index contributed by atoms with van der Waals surface area (Å²) in [5.74, 6) is 0.365. The summed E-state index contributed by atoms with van der Waals surface area (Å²) in [5, 5.41) is 5.88. The van der Waals surface area contributed by atoms with Crippen molar-refractivity contribution >= 4 is 15.8 Å². The minimum atomic E-state index is -4.39. The first-order chi connectivity index (χ1) is 13.2. The Morgan fingerprint density at radius 1 is 1.04 bits per heavy atom. The van der Waals surface area contributed by atoms with E-state index < -0.39 is 21.6 Å². The lowest BCUT2D eigenvalue weighted by atomic mass is 10.1. The second kappa shape index (κ2) is 9.59. The lowest BCUT2D eigenvalue weighted by Gasteiger charge is -2.13. The molecule has 0 radical (unpaired) electrons. The summed E-state index contributed by atoms with van der Waals surface area (Å²) in [6.45, 7) is 0.514. The maximum atomic E-state index is 12.8. The van der Waals surface area contributed by atoms with Crippen LogP contribution in [0.4, 0.5) is 13.2 Å². The van der Waals surface area contributed by atoms with Crippen molar-refractivity contribution in [1.29, 1.82) is 0 Å². The first-order valence-corrected chi connectivity index (χ1v) is 10.3. The summed E-state index contributed by atoms with van der Waals surface area (Å²) in [6, 6.07) is 13.2. The largest absolute Gasteiger partial charge is 0.416 e. The van der Waals surface area contributed by atoms with Gasteiger partial charge in [-0.1, -0.05) is 30.3 Å². The summed E-state index contributed by atoms with van der Waals surface area (Å²) in [7, 11) is -1.82. The zero-order chi connectivity index (χ0) is 20.6. The zero-order valence-electron chi connectivity index (χ0n) is 15.3. The number of benzene rings is 2. The van der Waals surface area contributed by atoms with Crippen molar-refractivity contribution < 1.29 is 21.6 Å². The monoisotopic (exact) mass is 413 g/mol. The molecule has 0 fully saturated rings. The molecule has 0 aliphatic rings. The Morgan fingerprint density at radius 2 is 1.75 bits per heavy atom. The summed E-state index contributed by atoms with van der Waals surface area (Å²) >= 11 is 0. The van der Waals surface area contributed by atoms with Crippen LogP contribution in [-0.4, -0.2) is 33.7 Å². The second-order valence-corrected chi connectivity index (χ2v) is 8.15. The number of alkyl halides is 3. The molecule has 28 heavy (non-hydrogen) atoms. The van der Waals surface area contributed by atoms with Gasteiger partial charge in [-0.3, -0.25) is 4.99 Å². The highest BCUT2D eigenvalue weighted by Crippen LogP contribution is 2.29. The third-order valence-corrected chi connectivity index (χ3v) is 5.74. The van der Waals surface area contributed by atoms with Gasteiger partial charge in [-0.25, -0.2) is 8.42 Å². The molecule has 0 bridgehead atoms. The first kappa shape index (κ1) is 21.7. The Balaban J connectivity index is 1.81. The highest BCUT2D eigenvalue weighted by Gasteiger charge is 2.30. The van der Waals surface area contributed by atoms with Gasteiger partial charge in [0, 0.05) is 20.1 Å². The molecule has 0 aliphatic heterocycles. The minimum absolute atomic E-state index is 0.0192. The molecule has 0 saturated heterocycles. The molecular weight excluding hydrogens is 391 g/mol. The summed E-state index contributed by atoms with van der Waals surface area (Å²) in [6.07, 6.45) is -4.03. The lowest BCUT2D eigenvalue weighted by Crippen LogP contribution is -2.37. The molecule has 0 aromatic heterocycles. The Bertz CT molecular complexity index is 898. The van der Waals surface area contributed by atoms with Crippen LogP contribution in [0, 0.1) is 0 Å². The predicted molar refractivity (Wildman–Crippen MR) is 103 cm³/mol. The number of rotatable bonds is 7. The fraction of sp³-hybridized carbons (Fsp3) is 0.316. The van der Waals surface area contributed by atoms with Crippen LogP contribution in [-0.2, 0) is 22.6 Å². The lowest BCUT2D eigenvalue weighted by molar-refractivity contribution is -0.137. The third-order valence-electron chi connectivity index (χ3n) is 3.92. The molecule has 0 spiro atoms. The van der Waals surface area contributed by atoms with Crippen LogP contribution in [0.5, 0.6) is 0 Å². The quantitative estimate of drug-likeness (QED) is 0.415. The number of halogens is 3. The Kier molecular flexibility index (Phi) is 7.45. The average molecular weight is 413 g/mol. The molecule has 0 heterocycles. The number of guanidine groups is 1. The van der Waals surface area contributed by atoms with Crippen LogP contribution in [0.3, 0.4) is 0 Å². The number of sulfone groups is 1. The molecule has 152 valence electrons. The standard InChI is InChI=1S/C19H22F3N3O2S/c1-23-18(25-14-15-7-5-8-16(13-15)19(20,21)22)24-11-6-12-28(26,27)17-9-3-2-4-10-17/h2-5,7-10,13H,6,11-12,14H2,1H3,(H2,23,24,25). The van der Waals surface area contributed by atoms with Gasteiger partial charge in [0.1, 0.15) is 0 Å². The highest BCUT2D eigenvalue weighted by molar-refractivity contribution is 7.91. The van der Waals surface area contributed by atoms with Gasteiger partial charge in [-0.2, -0.15) is 13.2 Å². The summed E-state index contributed by atoms with van der Waals surface area (Å²) < 4.78 is 62.7. The smallest absolute Gasteiger partial charge is 0.356 e. The van der Waals surface area contributed by atoms with Gasteiger partial charge in [0.15, 0.2) is 15.8 Å². The topological polar surface area (TPSA) is 70.6 Å². The molecule has 0 aliphatic carbocycles. The van der Waals surface area contributed by atoms with E-state index in [0.29, 0.717) is 24.5 Å². The van der Waals surface area contributed by atoms with E-state index in [2.05, 4.69) is 15.6 Å². The van der Waals surface area contributed by atoms with Crippen LogP contribution in [0.2, 0.25) is 0 Å². The van der Waals surface area contributed by atoms with Gasteiger partial charge in [0.05, 0.1) is 16.2 Å². The maximum absolute atomic E-state index is 12.8. The van der Waals surface area contributed by atoms with Crippen LogP contribution in [0.25, 0.3) is 0 Å². The predicted octanol–water partition coefficient (Wildman–Crippen LogP) is 3.23. The summed E-state index contributed by atoms with van der Waals surface area (Å²) in [4.78, 5) is 4.27. The van der Waals surface area contributed by atoms with Crippen LogP contribution >= 0.6 is 0 Å². The van der Waals surface area contributed by atoms with Crippen LogP contribution < -0.4 is 10.6 Å². The molecule has 0 saturated carbocycles. The normalized spacial score (nSPS) is 12.6. The van der Waals surface area contributed by atoms with Crippen molar-refractivity contribution in [3.63, 3.8) is 0 Å². The van der Waals surface area contributed by atoms with Gasteiger partial charge in [0.2, 0.25) is 0 Å². The molecule has 0 atom stereocenters. The Morgan fingerprint density at radius 3 is 2.39 bits per heavy atom. The van der Waals surface area contributed by atoms with E-state index in [0.717, 1.165) is 12.1 Å². The molecule has 2 N–H and O–H groups in total. The zero-order valence-corrected chi connectivity index (χ0v) is 16.1. The molecule has 0 amide bonds. The minimum Gasteiger partial charge on any atom is -0.356 e. The Labute approximate surface area is 162 Å². The number of hydrogen-bond donors (Lipinski definition) is 2. The van der Waals surface area contributed by atoms with Crippen LogP contribution in [0.15, 0.2) is 64.5 Å². The first-order valence-electron chi connectivity index (χ1n) is 8.61. The number of hydrogen-bond acceptors (Lipinski definition) is 3. The van der Waals surface area contributed by atoms with Gasteiger partial charge in [-0.15, -0.1) is 0 Å². The maximum Gasteiger partial charge on any atom is 0.416 e. The van der Waals surface area contributed by atoms with E-state index in [1.807, 2.05) is 0 Å². The molecule has 2 aromatic rings. The van der Waals surface area contributed by atoms with Crippen molar-refractivity contribution in [2.45, 2.75) is 24.0 Å². The highest BCUT2D eigenvalue weighted by atomic mass is 32.2. The fourth-order valence-corrected chi connectivity index (χ4v) is 3.81. The van der Waals surface area contributed by atoms with Crippen molar-refractivity contribution in [3.05, 3.63) is 65.7 Å². The molecule has 2 aromatic carbocycles. The third kappa shape index (κ3) is 6.56. The van der Waals surface area contributed by atoms with Crippen molar-refractivity contribution in [2.24, 2.45) is 4.99 Å². The Hall–Kier alpha value is -2.55. The fourth-order valence-electron chi connectivity index (χ4n) is 2.48. The molecule has 5 nitrogen and oxygen atoms in total. The molecular formula is C19H22F3N3O2S. The molecule has 9 heteroatoms. The number of nitrogens with zero attached hydrogens (tertiary/aromatic N) is 1. The van der Waals surface area contributed by atoms with Gasteiger partial charge < -0.3 is 10.6 Å². The number of aliphatic imine (C=N–C) groups is 1. The van der Waals surface area contributed by atoms with Gasteiger partial charge >= 0.3 is 6.18 Å². The van der Waals surface area contributed by atoms with Crippen molar-refractivity contribution in [1.82, 2.24) is 10.6 Å². The van der Waals surface area contributed by atoms with E-state index in [1.54, 1.807) is 36.4 Å². The molecule has 0 unspecified atom stereocenters. The van der Waals surface area contributed by atoms with Gasteiger partial charge in [-0.05, 0) is 36.2 Å². The molecule has 2 rings (SSSR count). The second-order valence-electron chi connectivity index (χ2n) is 6.04. The van der Waals surface area contributed by atoms with Crippen LogP contribution in [0.1, 0.15) is 17.5 Å². The summed E-state index contributed by atoms with van der Waals surface area (Å²) in [5.41, 5.74) is -0.245. The van der Waals surface area contributed by atoms with E-state index in [1.165, 1.54) is 13.1 Å². The number of nitrogens with one attached hydrogen (secondary N) is 2. The van der Waals surface area contributed by atoms with E-state index in [4.69, 9.17) is 0 Å². The van der Waals surface area contributed by atoms with E-state index >= 15 is 0 Å². The SMILES string of the molecule is CN=C(NCCCS(=O)(=O)c1ccccc1)NCc1cccc(C(F)(F)F)c1. The van der Waals surface area contributed by atoms with E-state index in [9.17, 15) is 21.6 Å².